The van der Waals surface area contributed by atoms with Gasteiger partial charge in [-0.15, -0.1) is 0 Å². The molecule has 0 radical (unpaired) electrons. The van der Waals surface area contributed by atoms with Gasteiger partial charge in [-0.3, -0.25) is 4.79 Å². The molecular weight excluding hydrogens is 348 g/mol. The van der Waals surface area contributed by atoms with Gasteiger partial charge in [-0.2, -0.15) is 0 Å². The van der Waals surface area contributed by atoms with Crippen molar-refractivity contribution in [2.24, 2.45) is 0 Å². The molecule has 0 heterocycles. The minimum atomic E-state index is -0.797. The molecule has 2 rings (SSSR count). The van der Waals surface area contributed by atoms with Crippen LogP contribution in [-0.2, 0) is 11.2 Å². The van der Waals surface area contributed by atoms with E-state index in [1.54, 1.807) is 0 Å². The number of aryl methyl sites for hydroxylation is 1. The molecule has 0 fully saturated rings. The van der Waals surface area contributed by atoms with Crippen molar-refractivity contribution in [3.8, 4) is 11.5 Å². The summed E-state index contributed by atoms with van der Waals surface area (Å²) in [5.41, 5.74) is 0.953. The maximum Gasteiger partial charge on any atom is 0.303 e. The van der Waals surface area contributed by atoms with Crippen LogP contribution in [-0.4, -0.2) is 24.3 Å². The highest BCUT2D eigenvalue weighted by molar-refractivity contribution is 9.10. The standard InChI is InChI=1S/C17H17BrO4/c18-14-5-7-15(8-6-14)21-10-11-22-16-3-1-2-13(12-16)4-9-17(19)20/h1-3,5-8,12H,4,9-11H2,(H,19,20). The van der Waals surface area contributed by atoms with Crippen molar-refractivity contribution in [1.82, 2.24) is 0 Å². The number of hydrogen-bond acceptors (Lipinski definition) is 3. The Kier molecular flexibility index (Phi) is 6.27. The minimum absolute atomic E-state index is 0.121. The Labute approximate surface area is 137 Å². The Bertz CT molecular complexity index is 610. The molecule has 0 saturated heterocycles. The second kappa shape index (κ2) is 8.44. The van der Waals surface area contributed by atoms with Gasteiger partial charge in [-0.1, -0.05) is 28.1 Å². The van der Waals surface area contributed by atoms with Gasteiger partial charge in [-0.25, -0.2) is 0 Å². The van der Waals surface area contributed by atoms with Gasteiger partial charge < -0.3 is 14.6 Å². The van der Waals surface area contributed by atoms with E-state index in [1.807, 2.05) is 48.5 Å². The molecule has 0 atom stereocenters. The number of carboxylic acid groups (broad SMARTS) is 1. The normalized spacial score (nSPS) is 10.2. The lowest BCUT2D eigenvalue weighted by molar-refractivity contribution is -0.136. The van der Waals surface area contributed by atoms with Crippen molar-refractivity contribution in [2.45, 2.75) is 12.8 Å². The summed E-state index contributed by atoms with van der Waals surface area (Å²) in [5.74, 6) is 0.721. The largest absolute Gasteiger partial charge is 0.490 e. The molecule has 1 N–H and O–H groups in total. The highest BCUT2D eigenvalue weighted by Gasteiger charge is 2.01. The summed E-state index contributed by atoms with van der Waals surface area (Å²) < 4.78 is 12.2. The summed E-state index contributed by atoms with van der Waals surface area (Å²) in [4.78, 5) is 10.6. The number of halogens is 1. The van der Waals surface area contributed by atoms with Crippen molar-refractivity contribution in [2.75, 3.05) is 13.2 Å². The smallest absolute Gasteiger partial charge is 0.303 e. The number of benzene rings is 2. The predicted molar refractivity (Wildman–Crippen MR) is 87.5 cm³/mol. The zero-order valence-electron chi connectivity index (χ0n) is 12.0. The third-order valence-electron chi connectivity index (χ3n) is 2.96. The second-order valence-electron chi connectivity index (χ2n) is 4.69. The summed E-state index contributed by atoms with van der Waals surface area (Å²) in [6.45, 7) is 0.874. The van der Waals surface area contributed by atoms with E-state index in [4.69, 9.17) is 14.6 Å². The monoisotopic (exact) mass is 364 g/mol. The highest BCUT2D eigenvalue weighted by atomic mass is 79.9. The fourth-order valence-corrected chi connectivity index (χ4v) is 2.16. The van der Waals surface area contributed by atoms with E-state index in [0.717, 1.165) is 21.5 Å². The van der Waals surface area contributed by atoms with Gasteiger partial charge in [0, 0.05) is 10.9 Å². The highest BCUT2D eigenvalue weighted by Crippen LogP contribution is 2.17. The molecule has 0 unspecified atom stereocenters. The van der Waals surface area contributed by atoms with E-state index in [1.165, 1.54) is 0 Å². The van der Waals surface area contributed by atoms with Crippen LogP contribution in [0.15, 0.2) is 53.0 Å². The molecular formula is C17H17BrO4. The zero-order chi connectivity index (χ0) is 15.8. The van der Waals surface area contributed by atoms with E-state index in [2.05, 4.69) is 15.9 Å². The van der Waals surface area contributed by atoms with Crippen molar-refractivity contribution in [3.05, 3.63) is 58.6 Å². The molecule has 5 heteroatoms. The number of carboxylic acids is 1. The Hall–Kier alpha value is -2.01. The first-order chi connectivity index (χ1) is 10.6. The lowest BCUT2D eigenvalue weighted by atomic mass is 10.1. The van der Waals surface area contributed by atoms with Gasteiger partial charge in [0.25, 0.3) is 0 Å². The summed E-state index contributed by atoms with van der Waals surface area (Å²) in [5, 5.41) is 8.69. The van der Waals surface area contributed by atoms with Crippen LogP contribution in [0.3, 0.4) is 0 Å². The van der Waals surface area contributed by atoms with E-state index < -0.39 is 5.97 Å². The summed E-state index contributed by atoms with van der Waals surface area (Å²) in [6, 6.07) is 15.1. The van der Waals surface area contributed by atoms with Gasteiger partial charge in [-0.05, 0) is 48.4 Å². The van der Waals surface area contributed by atoms with Gasteiger partial charge in [0.2, 0.25) is 0 Å². The van der Waals surface area contributed by atoms with E-state index >= 15 is 0 Å². The van der Waals surface area contributed by atoms with Crippen LogP contribution in [0, 0.1) is 0 Å². The molecule has 0 spiro atoms. The van der Waals surface area contributed by atoms with E-state index in [9.17, 15) is 4.79 Å². The first-order valence-electron chi connectivity index (χ1n) is 6.95. The fraction of sp³-hybridized carbons (Fsp3) is 0.235. The molecule has 2 aromatic carbocycles. The second-order valence-corrected chi connectivity index (χ2v) is 5.61. The maximum atomic E-state index is 10.6. The van der Waals surface area contributed by atoms with Gasteiger partial charge in [0.05, 0.1) is 0 Å². The Balaban J connectivity index is 1.75. The minimum Gasteiger partial charge on any atom is -0.490 e. The average molecular weight is 365 g/mol. The number of rotatable bonds is 8. The van der Waals surface area contributed by atoms with Crippen molar-refractivity contribution in [1.29, 1.82) is 0 Å². The topological polar surface area (TPSA) is 55.8 Å². The molecule has 0 aliphatic rings. The Morgan fingerprint density at radius 3 is 2.36 bits per heavy atom. The Morgan fingerprint density at radius 1 is 1.00 bits per heavy atom. The van der Waals surface area contributed by atoms with Gasteiger partial charge in [0.1, 0.15) is 24.7 Å². The van der Waals surface area contributed by atoms with E-state index in [0.29, 0.717) is 19.6 Å². The van der Waals surface area contributed by atoms with Crippen molar-refractivity contribution >= 4 is 21.9 Å². The molecule has 116 valence electrons. The van der Waals surface area contributed by atoms with Gasteiger partial charge >= 0.3 is 5.97 Å². The van der Waals surface area contributed by atoms with E-state index in [-0.39, 0.29) is 6.42 Å². The lowest BCUT2D eigenvalue weighted by Crippen LogP contribution is -2.09. The molecule has 22 heavy (non-hydrogen) atoms. The third kappa shape index (κ3) is 5.77. The van der Waals surface area contributed by atoms with Gasteiger partial charge in [0.15, 0.2) is 0 Å². The fourth-order valence-electron chi connectivity index (χ4n) is 1.89. The zero-order valence-corrected chi connectivity index (χ0v) is 13.6. The Morgan fingerprint density at radius 2 is 1.68 bits per heavy atom. The van der Waals surface area contributed by atoms with Crippen LogP contribution in [0.1, 0.15) is 12.0 Å². The number of ether oxygens (including phenoxy) is 2. The SMILES string of the molecule is O=C(O)CCc1cccc(OCCOc2ccc(Br)cc2)c1. The van der Waals surface area contributed by atoms with Crippen LogP contribution in [0.5, 0.6) is 11.5 Å². The van der Waals surface area contributed by atoms with Crippen LogP contribution in [0.25, 0.3) is 0 Å². The summed E-state index contributed by atoms with van der Waals surface area (Å²) in [7, 11) is 0. The summed E-state index contributed by atoms with van der Waals surface area (Å²) >= 11 is 3.37. The molecule has 0 aliphatic carbocycles. The number of hydrogen-bond donors (Lipinski definition) is 1. The van der Waals surface area contributed by atoms with Crippen molar-refractivity contribution < 1.29 is 19.4 Å². The third-order valence-corrected chi connectivity index (χ3v) is 3.49. The molecule has 0 saturated carbocycles. The lowest BCUT2D eigenvalue weighted by Gasteiger charge is -2.09. The molecule has 2 aromatic rings. The number of aliphatic carboxylic acids is 1. The van der Waals surface area contributed by atoms with Crippen LogP contribution in [0.4, 0.5) is 0 Å². The first-order valence-corrected chi connectivity index (χ1v) is 7.75. The molecule has 0 bridgehead atoms. The predicted octanol–water partition coefficient (Wildman–Crippen LogP) is 3.92. The van der Waals surface area contributed by atoms with Crippen LogP contribution < -0.4 is 9.47 Å². The average Bonchev–Trinajstić information content (AvgIpc) is 2.52. The van der Waals surface area contributed by atoms with Crippen LogP contribution in [0.2, 0.25) is 0 Å². The summed E-state index contributed by atoms with van der Waals surface area (Å²) in [6.07, 6.45) is 0.623. The number of carbonyl (C=O) groups is 1. The van der Waals surface area contributed by atoms with Crippen LogP contribution >= 0.6 is 15.9 Å². The quantitative estimate of drug-likeness (QED) is 0.721. The molecule has 0 aliphatic heterocycles. The molecule has 4 nitrogen and oxygen atoms in total. The molecule has 0 aromatic heterocycles. The van der Waals surface area contributed by atoms with Crippen molar-refractivity contribution in [3.63, 3.8) is 0 Å². The maximum absolute atomic E-state index is 10.6. The first kappa shape index (κ1) is 16.4. The molecule has 0 amide bonds.